The molecule has 1 amide bonds. The van der Waals surface area contributed by atoms with Gasteiger partial charge >= 0.3 is 0 Å². The largest absolute Gasteiger partial charge is 0.497 e. The van der Waals surface area contributed by atoms with Crippen LogP contribution in [-0.2, 0) is 19.6 Å². The summed E-state index contributed by atoms with van der Waals surface area (Å²) >= 11 is 8.08. The molecule has 176 valence electrons. The molecule has 13 heteroatoms. The summed E-state index contributed by atoms with van der Waals surface area (Å²) in [6.45, 7) is 1.12. The van der Waals surface area contributed by atoms with E-state index in [0.29, 0.717) is 34.5 Å². The number of nitrogens with zero attached hydrogens (tertiary/aromatic N) is 2. The van der Waals surface area contributed by atoms with Gasteiger partial charge in [-0.05, 0) is 25.0 Å². The van der Waals surface area contributed by atoms with E-state index in [4.69, 9.17) is 31.4 Å². The number of anilines is 1. The third-order valence-corrected chi connectivity index (χ3v) is 8.24. The van der Waals surface area contributed by atoms with Crippen LogP contribution in [-0.4, -0.2) is 79.0 Å². The maximum Gasteiger partial charge on any atom is 0.268 e. The first-order valence-electron chi connectivity index (χ1n) is 9.80. The summed E-state index contributed by atoms with van der Waals surface area (Å²) in [5.41, 5.74) is 0.868. The summed E-state index contributed by atoms with van der Waals surface area (Å²) < 4.78 is 42.1. The second-order valence-electron chi connectivity index (χ2n) is 6.88. The molecule has 2 aliphatic heterocycles. The molecule has 32 heavy (non-hydrogen) atoms. The molecule has 0 saturated carbocycles. The van der Waals surface area contributed by atoms with Gasteiger partial charge in [0.05, 0.1) is 44.9 Å². The van der Waals surface area contributed by atoms with Crippen molar-refractivity contribution in [2.45, 2.75) is 17.7 Å². The molecule has 0 bridgehead atoms. The van der Waals surface area contributed by atoms with Crippen molar-refractivity contribution in [2.75, 3.05) is 50.7 Å². The fraction of sp³-hybridized carbons (Fsp3) is 0.474. The number of ether oxygens (including phenoxy) is 2. The van der Waals surface area contributed by atoms with Crippen LogP contribution in [0.15, 0.2) is 33.0 Å². The quantitative estimate of drug-likeness (QED) is 0.194. The van der Waals surface area contributed by atoms with Gasteiger partial charge in [-0.25, -0.2) is 0 Å². The number of rotatable bonds is 11. The average molecular weight is 521 g/mol. The first-order chi connectivity index (χ1) is 15.2. The first-order valence-corrected chi connectivity index (χ1v) is 13.5. The van der Waals surface area contributed by atoms with Crippen molar-refractivity contribution < 1.29 is 32.3 Å². The van der Waals surface area contributed by atoms with Crippen LogP contribution in [0.3, 0.4) is 0 Å². The van der Waals surface area contributed by atoms with Crippen LogP contribution < -0.4 is 9.64 Å². The minimum absolute atomic E-state index is 0.0899. The zero-order chi connectivity index (χ0) is 23.3. The smallest absolute Gasteiger partial charge is 0.268 e. The van der Waals surface area contributed by atoms with Crippen molar-refractivity contribution in [3.05, 3.63) is 28.1 Å². The lowest BCUT2D eigenvalue weighted by molar-refractivity contribution is -0.122. The number of thioether (sulfide) groups is 2. The molecule has 1 fully saturated rings. The Balaban J connectivity index is 1.83. The maximum absolute atomic E-state index is 13.1. The molecule has 2 aliphatic rings. The lowest BCUT2D eigenvalue weighted by atomic mass is 10.2. The highest BCUT2D eigenvalue weighted by Gasteiger charge is 2.39. The van der Waals surface area contributed by atoms with Gasteiger partial charge in [0, 0.05) is 17.5 Å². The van der Waals surface area contributed by atoms with E-state index < -0.39 is 10.1 Å². The van der Waals surface area contributed by atoms with Crippen molar-refractivity contribution in [3.8, 4) is 5.75 Å². The number of carbonyl (C=O) groups is 1. The van der Waals surface area contributed by atoms with Gasteiger partial charge in [0.25, 0.3) is 16.0 Å². The summed E-state index contributed by atoms with van der Waals surface area (Å²) in [6, 6.07) is 5.64. The molecule has 2 heterocycles. The molecule has 0 aliphatic carbocycles. The molecule has 1 aromatic rings. The zero-order valence-electron chi connectivity index (χ0n) is 17.4. The molecular formula is C19H24N2O7S4. The molecule has 1 aromatic carbocycles. The Labute approximate surface area is 200 Å². The van der Waals surface area contributed by atoms with Gasteiger partial charge in [-0.15, -0.1) is 0 Å². The van der Waals surface area contributed by atoms with Crippen molar-refractivity contribution >= 4 is 61.8 Å². The minimum Gasteiger partial charge on any atom is -0.497 e. The van der Waals surface area contributed by atoms with Crippen molar-refractivity contribution in [3.63, 3.8) is 0 Å². The van der Waals surface area contributed by atoms with Gasteiger partial charge in [0.2, 0.25) is 0 Å². The number of thiocarbonyl (C=S) groups is 1. The van der Waals surface area contributed by atoms with E-state index in [-0.39, 0.29) is 37.9 Å². The molecular weight excluding hydrogens is 496 g/mol. The summed E-state index contributed by atoms with van der Waals surface area (Å²) in [5, 5.41) is 9.56. The van der Waals surface area contributed by atoms with Crippen LogP contribution in [0.25, 0.3) is 0 Å². The molecule has 2 N–H and O–H groups in total. The number of aliphatic hydroxyl groups is 1. The topological polar surface area (TPSA) is 117 Å². The normalized spacial score (nSPS) is 18.6. The van der Waals surface area contributed by atoms with Crippen LogP contribution in [0.4, 0.5) is 5.69 Å². The van der Waals surface area contributed by atoms with Gasteiger partial charge in [-0.3, -0.25) is 14.2 Å². The summed E-state index contributed by atoms with van der Waals surface area (Å²) in [6.07, 6.45) is 0.783. The number of aliphatic hydroxyl groups excluding tert-OH is 1. The Kier molecular flexibility index (Phi) is 8.83. The number of hydrogen-bond acceptors (Lipinski definition) is 10. The van der Waals surface area contributed by atoms with E-state index in [1.165, 1.54) is 28.4 Å². The first kappa shape index (κ1) is 25.3. The minimum atomic E-state index is -4.02. The molecule has 1 saturated heterocycles. The zero-order valence-corrected chi connectivity index (χ0v) is 20.6. The van der Waals surface area contributed by atoms with Crippen LogP contribution in [0.5, 0.6) is 5.75 Å². The second-order valence-corrected chi connectivity index (χ2v) is 11.1. The lowest BCUT2D eigenvalue weighted by Gasteiger charge is -2.22. The predicted octanol–water partition coefficient (Wildman–Crippen LogP) is 2.31. The van der Waals surface area contributed by atoms with Crippen LogP contribution >= 0.6 is 35.7 Å². The number of hydrogen-bond donors (Lipinski definition) is 2. The predicted molar refractivity (Wildman–Crippen MR) is 129 cm³/mol. The van der Waals surface area contributed by atoms with Gasteiger partial charge in [-0.1, -0.05) is 35.7 Å². The van der Waals surface area contributed by atoms with E-state index in [0.717, 1.165) is 15.6 Å². The van der Waals surface area contributed by atoms with Gasteiger partial charge in [0.1, 0.15) is 20.0 Å². The summed E-state index contributed by atoms with van der Waals surface area (Å²) in [5.74, 6) is 0.143. The molecule has 9 nitrogen and oxygen atoms in total. The maximum atomic E-state index is 13.1. The SMILES string of the molecule is COc1ccc2c(c1)N(CCCCS(=O)(=O)O)/C(=C1\SC(=S)N(CCOCCO)C1=O)S2. The third-order valence-electron chi connectivity index (χ3n) is 4.68. The van der Waals surface area contributed by atoms with E-state index in [2.05, 4.69) is 0 Å². The number of fused-ring (bicyclic) bond motifs is 1. The highest BCUT2D eigenvalue weighted by atomic mass is 32.2. The Bertz CT molecular complexity index is 1010. The van der Waals surface area contributed by atoms with Gasteiger partial charge in [-0.2, -0.15) is 8.42 Å². The average Bonchev–Trinajstić information content (AvgIpc) is 3.24. The highest BCUT2D eigenvalue weighted by Crippen LogP contribution is 2.51. The fourth-order valence-electron chi connectivity index (χ4n) is 3.18. The Morgan fingerprint density at radius 3 is 2.59 bits per heavy atom. The second kappa shape index (κ2) is 11.2. The van der Waals surface area contributed by atoms with Crippen molar-refractivity contribution in [1.82, 2.24) is 4.90 Å². The fourth-order valence-corrected chi connectivity index (χ4v) is 6.37. The standard InChI is InChI=1S/C19H24N2O7S4/c1-27-13-4-5-15-14(12-13)20(6-2-3-11-32(24,25)26)18(30-15)16-17(23)21(19(29)31-16)7-9-28-10-8-22/h4-5,12,22H,2-3,6-11H2,1H3,(H,24,25,26)/b18-16+. The van der Waals surface area contributed by atoms with E-state index in [1.54, 1.807) is 7.11 Å². The molecule has 0 unspecified atom stereocenters. The Morgan fingerprint density at radius 1 is 1.12 bits per heavy atom. The molecule has 0 aromatic heterocycles. The van der Waals surface area contributed by atoms with E-state index in [1.807, 2.05) is 23.1 Å². The monoisotopic (exact) mass is 520 g/mol. The highest BCUT2D eigenvalue weighted by molar-refractivity contribution is 8.27. The third kappa shape index (κ3) is 6.16. The van der Waals surface area contributed by atoms with Crippen LogP contribution in [0, 0.1) is 0 Å². The number of methoxy groups -OCH3 is 1. The number of amides is 1. The molecule has 3 rings (SSSR count). The Morgan fingerprint density at radius 2 is 1.91 bits per heavy atom. The van der Waals surface area contributed by atoms with Crippen LogP contribution in [0.1, 0.15) is 12.8 Å². The molecule has 0 spiro atoms. The summed E-state index contributed by atoms with van der Waals surface area (Å²) in [4.78, 5) is 18.0. The van der Waals surface area contributed by atoms with Crippen LogP contribution in [0.2, 0.25) is 0 Å². The molecule has 0 radical (unpaired) electrons. The van der Waals surface area contributed by atoms with E-state index in [9.17, 15) is 13.2 Å². The lowest BCUT2D eigenvalue weighted by Crippen LogP contribution is -2.32. The van der Waals surface area contributed by atoms with Gasteiger partial charge < -0.3 is 19.5 Å². The molecule has 0 atom stereocenters. The van der Waals surface area contributed by atoms with Crippen molar-refractivity contribution in [1.29, 1.82) is 0 Å². The number of benzene rings is 1. The summed E-state index contributed by atoms with van der Waals surface area (Å²) in [7, 11) is -2.45. The van der Waals surface area contributed by atoms with E-state index >= 15 is 0 Å². The number of carbonyl (C=O) groups excluding carboxylic acids is 1. The van der Waals surface area contributed by atoms with Crippen molar-refractivity contribution in [2.24, 2.45) is 0 Å². The Hall–Kier alpha value is -1.35. The van der Waals surface area contributed by atoms with Gasteiger partial charge in [0.15, 0.2) is 0 Å². The number of unbranched alkanes of at least 4 members (excludes halogenated alkanes) is 1.